The summed E-state index contributed by atoms with van der Waals surface area (Å²) in [6.45, 7) is 4.52. The minimum absolute atomic E-state index is 0. The summed E-state index contributed by atoms with van der Waals surface area (Å²) in [7, 11) is 0. The Labute approximate surface area is 165 Å². The molecule has 1 unspecified atom stereocenters. The third-order valence-electron chi connectivity index (χ3n) is 3.44. The third-order valence-corrected chi connectivity index (χ3v) is 3.77. The Bertz CT molecular complexity index is 683. The summed E-state index contributed by atoms with van der Waals surface area (Å²) in [5, 5.41) is 4.29. The molecule has 1 aromatic carbocycles. The summed E-state index contributed by atoms with van der Waals surface area (Å²) in [5.41, 5.74) is 6.33. The second-order valence-electron chi connectivity index (χ2n) is 5.86. The zero-order chi connectivity index (χ0) is 16.8. The molecule has 3 N–H and O–H groups in total. The van der Waals surface area contributed by atoms with Gasteiger partial charge in [0.2, 0.25) is 0 Å². The van der Waals surface area contributed by atoms with Crippen LogP contribution in [0, 0.1) is 5.92 Å². The first-order valence-electron chi connectivity index (χ1n) is 7.66. The fraction of sp³-hybridized carbons (Fsp3) is 0.412. The Balaban J connectivity index is 0.00000288. The van der Waals surface area contributed by atoms with Gasteiger partial charge in [0.05, 0.1) is 5.02 Å². The second kappa shape index (κ2) is 11.4. The van der Waals surface area contributed by atoms with Gasteiger partial charge in [0.15, 0.2) is 6.61 Å². The average Bonchev–Trinajstić information content (AvgIpc) is 2.53. The van der Waals surface area contributed by atoms with Crippen molar-refractivity contribution in [2.24, 2.45) is 11.7 Å². The number of pyridine rings is 1. The van der Waals surface area contributed by atoms with Crippen LogP contribution in [0.2, 0.25) is 5.02 Å². The maximum atomic E-state index is 12.0. The molecular formula is C17H24Cl3N3O2. The van der Waals surface area contributed by atoms with Crippen molar-refractivity contribution in [3.63, 3.8) is 0 Å². The normalized spacial score (nSPS) is 11.4. The van der Waals surface area contributed by atoms with Gasteiger partial charge in [-0.3, -0.25) is 9.78 Å². The van der Waals surface area contributed by atoms with E-state index in [1.54, 1.807) is 18.3 Å². The number of carbonyl (C=O) groups excluding carboxylic acids is 1. The largest absolute Gasteiger partial charge is 0.481 e. The first kappa shape index (κ1) is 23.7. The molecule has 0 bridgehead atoms. The molecule has 0 fully saturated rings. The zero-order valence-electron chi connectivity index (χ0n) is 14.2. The number of aromatic nitrogens is 1. The van der Waals surface area contributed by atoms with Crippen LogP contribution in [-0.4, -0.2) is 30.1 Å². The number of carbonyl (C=O) groups is 1. The van der Waals surface area contributed by atoms with Gasteiger partial charge in [0.1, 0.15) is 11.3 Å². The molecule has 2 aromatic rings. The van der Waals surface area contributed by atoms with Crippen molar-refractivity contribution in [2.75, 3.05) is 13.2 Å². The molecule has 0 aliphatic carbocycles. The highest BCUT2D eigenvalue weighted by Gasteiger charge is 2.14. The molecule has 0 aliphatic rings. The summed E-state index contributed by atoms with van der Waals surface area (Å²) in [6.07, 6.45) is 2.51. The Morgan fingerprint density at radius 1 is 1.32 bits per heavy atom. The topological polar surface area (TPSA) is 77.2 Å². The monoisotopic (exact) mass is 407 g/mol. The number of hydrogen-bond donors (Lipinski definition) is 2. The van der Waals surface area contributed by atoms with Gasteiger partial charge in [0.25, 0.3) is 5.91 Å². The van der Waals surface area contributed by atoms with Crippen molar-refractivity contribution in [3.8, 4) is 5.75 Å². The number of amides is 1. The number of nitrogens with one attached hydrogen (secondary N) is 1. The van der Waals surface area contributed by atoms with Crippen LogP contribution in [0.4, 0.5) is 0 Å². The van der Waals surface area contributed by atoms with Gasteiger partial charge in [-0.2, -0.15) is 0 Å². The highest BCUT2D eigenvalue weighted by Crippen LogP contribution is 2.29. The van der Waals surface area contributed by atoms with Gasteiger partial charge in [-0.15, -0.1) is 24.8 Å². The van der Waals surface area contributed by atoms with Crippen LogP contribution in [0.3, 0.4) is 0 Å². The minimum Gasteiger partial charge on any atom is -0.481 e. The standard InChI is InChI=1S/C17H22ClN3O2.2ClH/c1-11(2)8-12(9-19)21-16(22)10-23-15-6-5-14(18)13-4-3-7-20-17(13)15;;/h3-7,11-12H,8-10,19H2,1-2H3,(H,21,22);2*1H. The zero-order valence-corrected chi connectivity index (χ0v) is 16.6. The molecule has 1 aromatic heterocycles. The number of nitrogens with zero attached hydrogens (tertiary/aromatic N) is 1. The molecular weight excluding hydrogens is 385 g/mol. The summed E-state index contributed by atoms with van der Waals surface area (Å²) in [6, 6.07) is 7.10. The molecule has 1 amide bonds. The second-order valence-corrected chi connectivity index (χ2v) is 6.27. The van der Waals surface area contributed by atoms with Crippen LogP contribution in [0.5, 0.6) is 5.75 Å². The summed E-state index contributed by atoms with van der Waals surface area (Å²) in [5.74, 6) is 0.808. The lowest BCUT2D eigenvalue weighted by Crippen LogP contribution is -2.43. The molecule has 0 saturated heterocycles. The predicted molar refractivity (Wildman–Crippen MR) is 107 cm³/mol. The number of benzene rings is 1. The number of rotatable bonds is 7. The van der Waals surface area contributed by atoms with E-state index in [1.165, 1.54) is 0 Å². The van der Waals surface area contributed by atoms with Gasteiger partial charge in [-0.05, 0) is 36.6 Å². The molecule has 25 heavy (non-hydrogen) atoms. The Morgan fingerprint density at radius 2 is 2.04 bits per heavy atom. The summed E-state index contributed by atoms with van der Waals surface area (Å²) >= 11 is 6.14. The molecule has 1 atom stereocenters. The lowest BCUT2D eigenvalue weighted by atomic mass is 10.0. The van der Waals surface area contributed by atoms with Crippen molar-refractivity contribution in [1.82, 2.24) is 10.3 Å². The Hall–Kier alpha value is -1.27. The quantitative estimate of drug-likeness (QED) is 0.734. The van der Waals surface area contributed by atoms with E-state index in [0.717, 1.165) is 11.8 Å². The minimum atomic E-state index is -0.194. The van der Waals surface area contributed by atoms with Crippen molar-refractivity contribution in [3.05, 3.63) is 35.5 Å². The van der Waals surface area contributed by atoms with Crippen LogP contribution in [0.25, 0.3) is 10.9 Å². The first-order chi connectivity index (χ1) is 11.0. The number of halogens is 3. The summed E-state index contributed by atoms with van der Waals surface area (Å²) in [4.78, 5) is 16.3. The highest BCUT2D eigenvalue weighted by molar-refractivity contribution is 6.35. The maximum absolute atomic E-state index is 12.0. The molecule has 2 rings (SSSR count). The number of fused-ring (bicyclic) bond motifs is 1. The first-order valence-corrected chi connectivity index (χ1v) is 8.04. The van der Waals surface area contributed by atoms with E-state index in [4.69, 9.17) is 22.1 Å². The van der Waals surface area contributed by atoms with E-state index in [0.29, 0.717) is 28.8 Å². The lowest BCUT2D eigenvalue weighted by Gasteiger charge is -2.19. The highest BCUT2D eigenvalue weighted by atomic mass is 35.5. The van der Waals surface area contributed by atoms with Crippen LogP contribution >= 0.6 is 36.4 Å². The molecule has 8 heteroatoms. The maximum Gasteiger partial charge on any atom is 0.258 e. The molecule has 1 heterocycles. The Kier molecular flexibility index (Phi) is 10.8. The van der Waals surface area contributed by atoms with Gasteiger partial charge in [-0.25, -0.2) is 0 Å². The van der Waals surface area contributed by atoms with E-state index in [9.17, 15) is 4.79 Å². The van der Waals surface area contributed by atoms with Gasteiger partial charge < -0.3 is 15.8 Å². The molecule has 5 nitrogen and oxygen atoms in total. The van der Waals surface area contributed by atoms with Crippen molar-refractivity contribution < 1.29 is 9.53 Å². The van der Waals surface area contributed by atoms with Crippen molar-refractivity contribution in [2.45, 2.75) is 26.3 Å². The van der Waals surface area contributed by atoms with E-state index in [1.807, 2.05) is 12.1 Å². The Morgan fingerprint density at radius 3 is 2.68 bits per heavy atom. The van der Waals surface area contributed by atoms with Crippen LogP contribution in [0.15, 0.2) is 30.5 Å². The number of ether oxygens (including phenoxy) is 1. The molecule has 0 radical (unpaired) electrons. The molecule has 140 valence electrons. The SMILES string of the molecule is CC(C)CC(CN)NC(=O)COc1ccc(Cl)c2cccnc12.Cl.Cl. The van der Waals surface area contributed by atoms with E-state index in [-0.39, 0.29) is 43.4 Å². The summed E-state index contributed by atoms with van der Waals surface area (Å²) < 4.78 is 5.61. The van der Waals surface area contributed by atoms with Gasteiger partial charge in [0, 0.05) is 24.2 Å². The van der Waals surface area contributed by atoms with Gasteiger partial charge >= 0.3 is 0 Å². The van der Waals surface area contributed by atoms with Crippen molar-refractivity contribution >= 4 is 53.2 Å². The number of nitrogens with two attached hydrogens (primary N) is 1. The van der Waals surface area contributed by atoms with Crippen LogP contribution < -0.4 is 15.8 Å². The fourth-order valence-electron chi connectivity index (χ4n) is 2.42. The van der Waals surface area contributed by atoms with E-state index < -0.39 is 0 Å². The van der Waals surface area contributed by atoms with Crippen LogP contribution in [-0.2, 0) is 4.79 Å². The van der Waals surface area contributed by atoms with Crippen LogP contribution in [0.1, 0.15) is 20.3 Å². The smallest absolute Gasteiger partial charge is 0.258 e. The molecule has 0 aliphatic heterocycles. The number of hydrogen-bond acceptors (Lipinski definition) is 4. The van der Waals surface area contributed by atoms with E-state index >= 15 is 0 Å². The van der Waals surface area contributed by atoms with E-state index in [2.05, 4.69) is 24.1 Å². The van der Waals surface area contributed by atoms with Crippen molar-refractivity contribution in [1.29, 1.82) is 0 Å². The predicted octanol–water partition coefficient (Wildman–Crippen LogP) is 3.60. The molecule has 0 spiro atoms. The lowest BCUT2D eigenvalue weighted by molar-refractivity contribution is -0.123. The molecule has 0 saturated carbocycles. The fourth-order valence-corrected chi connectivity index (χ4v) is 2.64. The van der Waals surface area contributed by atoms with Gasteiger partial charge in [-0.1, -0.05) is 25.4 Å². The third kappa shape index (κ3) is 6.86. The average molecular weight is 409 g/mol.